The summed E-state index contributed by atoms with van der Waals surface area (Å²) < 4.78 is 0. The van der Waals surface area contributed by atoms with Crippen LogP contribution < -0.4 is 5.32 Å². The zero-order valence-corrected chi connectivity index (χ0v) is 11.9. The van der Waals surface area contributed by atoms with Crippen LogP contribution in [0.4, 0.5) is 11.5 Å². The van der Waals surface area contributed by atoms with Gasteiger partial charge in [0.2, 0.25) is 5.82 Å². The third kappa shape index (κ3) is 3.24. The number of aromatic nitrogens is 1. The molecule has 0 radical (unpaired) electrons. The molecule has 2 aromatic rings. The Balaban J connectivity index is 2.29. The molecule has 0 fully saturated rings. The average Bonchev–Trinajstić information content (AvgIpc) is 2.38. The van der Waals surface area contributed by atoms with E-state index in [1.807, 2.05) is 25.1 Å². The van der Waals surface area contributed by atoms with Crippen molar-refractivity contribution in [3.8, 4) is 0 Å². The lowest BCUT2D eigenvalue weighted by atomic mass is 10.1. The molecule has 1 atom stereocenters. The molecule has 1 N–H and O–H groups in total. The maximum absolute atomic E-state index is 11.0. The summed E-state index contributed by atoms with van der Waals surface area (Å²) in [4.78, 5) is 14.8. The standard InChI is InChI=1S/C14H14ClN3O2/c1-9-6-7-13(18(19)20)14(16-9)17-10(2)11-4-3-5-12(15)8-11/h3-8,10H,1-2H3,(H,16,17). The van der Waals surface area contributed by atoms with Gasteiger partial charge in [-0.25, -0.2) is 4.98 Å². The number of nitro groups is 1. The predicted octanol–water partition coefficient (Wildman–Crippen LogP) is 4.12. The number of nitrogens with one attached hydrogen (secondary N) is 1. The van der Waals surface area contributed by atoms with Crippen molar-refractivity contribution < 1.29 is 4.92 Å². The Bertz CT molecular complexity index is 646. The summed E-state index contributed by atoms with van der Waals surface area (Å²) >= 11 is 5.95. The van der Waals surface area contributed by atoms with Crippen LogP contribution in [0.25, 0.3) is 0 Å². The summed E-state index contributed by atoms with van der Waals surface area (Å²) in [5, 5.41) is 14.7. The van der Waals surface area contributed by atoms with E-state index in [9.17, 15) is 10.1 Å². The van der Waals surface area contributed by atoms with Gasteiger partial charge < -0.3 is 5.32 Å². The van der Waals surface area contributed by atoms with Gasteiger partial charge in [-0.05, 0) is 37.6 Å². The van der Waals surface area contributed by atoms with Gasteiger partial charge in [0, 0.05) is 16.8 Å². The molecule has 0 bridgehead atoms. The molecule has 0 spiro atoms. The highest BCUT2D eigenvalue weighted by Crippen LogP contribution is 2.27. The number of pyridine rings is 1. The average molecular weight is 292 g/mol. The molecule has 1 heterocycles. The second-order valence-corrected chi connectivity index (χ2v) is 4.93. The molecule has 0 amide bonds. The molecular weight excluding hydrogens is 278 g/mol. The van der Waals surface area contributed by atoms with E-state index in [-0.39, 0.29) is 17.5 Å². The normalized spacial score (nSPS) is 11.9. The Morgan fingerprint density at radius 1 is 1.35 bits per heavy atom. The number of hydrogen-bond acceptors (Lipinski definition) is 4. The van der Waals surface area contributed by atoms with Crippen molar-refractivity contribution >= 4 is 23.1 Å². The third-order valence-corrected chi connectivity index (χ3v) is 3.15. The van der Waals surface area contributed by atoms with Crippen LogP contribution in [0.2, 0.25) is 5.02 Å². The Kier molecular flexibility index (Phi) is 4.20. The quantitative estimate of drug-likeness (QED) is 0.679. The van der Waals surface area contributed by atoms with Crippen LogP contribution in [0.3, 0.4) is 0 Å². The van der Waals surface area contributed by atoms with Crippen LogP contribution in [0.5, 0.6) is 0 Å². The number of nitrogens with zero attached hydrogens (tertiary/aromatic N) is 2. The highest BCUT2D eigenvalue weighted by Gasteiger charge is 2.17. The molecular formula is C14H14ClN3O2. The lowest BCUT2D eigenvalue weighted by Gasteiger charge is -2.15. The molecule has 5 nitrogen and oxygen atoms in total. The first-order chi connectivity index (χ1) is 9.47. The van der Waals surface area contributed by atoms with Gasteiger partial charge in [0.15, 0.2) is 0 Å². The van der Waals surface area contributed by atoms with E-state index in [1.165, 1.54) is 6.07 Å². The summed E-state index contributed by atoms with van der Waals surface area (Å²) in [6.07, 6.45) is 0. The molecule has 0 aliphatic carbocycles. The van der Waals surface area contributed by atoms with Gasteiger partial charge in [-0.15, -0.1) is 0 Å². The first kappa shape index (κ1) is 14.3. The Morgan fingerprint density at radius 2 is 2.10 bits per heavy atom. The predicted molar refractivity (Wildman–Crippen MR) is 79.1 cm³/mol. The second kappa shape index (κ2) is 5.88. The monoisotopic (exact) mass is 291 g/mol. The number of benzene rings is 1. The lowest BCUT2D eigenvalue weighted by Crippen LogP contribution is -2.10. The summed E-state index contributed by atoms with van der Waals surface area (Å²) in [5.74, 6) is 0.266. The van der Waals surface area contributed by atoms with Gasteiger partial charge in [-0.3, -0.25) is 10.1 Å². The SMILES string of the molecule is Cc1ccc([N+](=O)[O-])c(NC(C)c2cccc(Cl)c2)n1. The number of halogens is 1. The smallest absolute Gasteiger partial charge is 0.311 e. The molecule has 0 aliphatic rings. The van der Waals surface area contributed by atoms with Crippen LogP contribution in [0.1, 0.15) is 24.2 Å². The van der Waals surface area contributed by atoms with E-state index in [2.05, 4.69) is 10.3 Å². The molecule has 0 aliphatic heterocycles. The van der Waals surface area contributed by atoms with Gasteiger partial charge in [-0.1, -0.05) is 23.7 Å². The van der Waals surface area contributed by atoms with Crippen LogP contribution in [-0.4, -0.2) is 9.91 Å². The van der Waals surface area contributed by atoms with Gasteiger partial charge in [0.25, 0.3) is 0 Å². The Morgan fingerprint density at radius 3 is 2.75 bits per heavy atom. The van der Waals surface area contributed by atoms with E-state index in [0.717, 1.165) is 11.3 Å². The minimum absolute atomic E-state index is 0.0375. The summed E-state index contributed by atoms with van der Waals surface area (Å²) in [5.41, 5.74) is 1.62. The maximum Gasteiger partial charge on any atom is 0.311 e. The van der Waals surface area contributed by atoms with E-state index >= 15 is 0 Å². The number of anilines is 1. The molecule has 0 saturated heterocycles. The van der Waals surface area contributed by atoms with Gasteiger partial charge in [0.05, 0.1) is 11.0 Å². The summed E-state index contributed by atoms with van der Waals surface area (Å²) in [6, 6.07) is 10.3. The van der Waals surface area contributed by atoms with Crippen LogP contribution >= 0.6 is 11.6 Å². The van der Waals surface area contributed by atoms with Crippen molar-refractivity contribution in [2.75, 3.05) is 5.32 Å². The van der Waals surface area contributed by atoms with Crippen molar-refractivity contribution in [1.82, 2.24) is 4.98 Å². The minimum Gasteiger partial charge on any atom is -0.358 e. The van der Waals surface area contributed by atoms with Crippen molar-refractivity contribution in [3.05, 3.63) is 62.8 Å². The van der Waals surface area contributed by atoms with Crippen LogP contribution in [-0.2, 0) is 0 Å². The van der Waals surface area contributed by atoms with E-state index in [1.54, 1.807) is 19.1 Å². The molecule has 1 aromatic carbocycles. The lowest BCUT2D eigenvalue weighted by molar-refractivity contribution is -0.384. The Labute approximate surface area is 121 Å². The first-order valence-corrected chi connectivity index (χ1v) is 6.49. The highest BCUT2D eigenvalue weighted by molar-refractivity contribution is 6.30. The van der Waals surface area contributed by atoms with E-state index in [0.29, 0.717) is 5.02 Å². The van der Waals surface area contributed by atoms with Crippen molar-refractivity contribution in [2.24, 2.45) is 0 Å². The molecule has 6 heteroatoms. The summed E-state index contributed by atoms with van der Waals surface area (Å²) in [6.45, 7) is 3.69. The highest BCUT2D eigenvalue weighted by atomic mass is 35.5. The second-order valence-electron chi connectivity index (χ2n) is 4.50. The maximum atomic E-state index is 11.0. The zero-order valence-electron chi connectivity index (χ0n) is 11.1. The third-order valence-electron chi connectivity index (χ3n) is 2.91. The number of hydrogen-bond donors (Lipinski definition) is 1. The number of aryl methyl sites for hydroxylation is 1. The zero-order chi connectivity index (χ0) is 14.7. The van der Waals surface area contributed by atoms with Crippen LogP contribution in [0.15, 0.2) is 36.4 Å². The molecule has 1 aromatic heterocycles. The van der Waals surface area contributed by atoms with E-state index in [4.69, 9.17) is 11.6 Å². The van der Waals surface area contributed by atoms with E-state index < -0.39 is 4.92 Å². The molecule has 20 heavy (non-hydrogen) atoms. The topological polar surface area (TPSA) is 68.1 Å². The fourth-order valence-corrected chi connectivity index (χ4v) is 2.07. The minimum atomic E-state index is -0.445. The first-order valence-electron chi connectivity index (χ1n) is 6.11. The largest absolute Gasteiger partial charge is 0.358 e. The molecule has 0 saturated carbocycles. The van der Waals surface area contributed by atoms with Crippen molar-refractivity contribution in [3.63, 3.8) is 0 Å². The van der Waals surface area contributed by atoms with Gasteiger partial charge >= 0.3 is 5.69 Å². The van der Waals surface area contributed by atoms with Crippen molar-refractivity contribution in [2.45, 2.75) is 19.9 Å². The molecule has 1 unspecified atom stereocenters. The van der Waals surface area contributed by atoms with Crippen LogP contribution in [0, 0.1) is 17.0 Å². The van der Waals surface area contributed by atoms with Crippen molar-refractivity contribution in [1.29, 1.82) is 0 Å². The van der Waals surface area contributed by atoms with Gasteiger partial charge in [-0.2, -0.15) is 0 Å². The Hall–Kier alpha value is -2.14. The number of rotatable bonds is 4. The summed E-state index contributed by atoms with van der Waals surface area (Å²) in [7, 11) is 0. The molecule has 104 valence electrons. The molecule has 2 rings (SSSR count). The van der Waals surface area contributed by atoms with Gasteiger partial charge in [0.1, 0.15) is 0 Å². The fourth-order valence-electron chi connectivity index (χ4n) is 1.87. The fraction of sp³-hybridized carbons (Fsp3) is 0.214.